The van der Waals surface area contributed by atoms with E-state index in [4.69, 9.17) is 4.74 Å². The monoisotopic (exact) mass is 310 g/mol. The van der Waals surface area contributed by atoms with Crippen LogP contribution in [0.15, 0.2) is 36.0 Å². The molecule has 6 atom stereocenters. The molecule has 5 rings (SSSR count). The Morgan fingerprint density at radius 3 is 2.96 bits per heavy atom. The van der Waals surface area contributed by atoms with Crippen molar-refractivity contribution in [2.75, 3.05) is 6.61 Å². The molecule has 2 fully saturated rings. The van der Waals surface area contributed by atoms with Crippen LogP contribution in [0.25, 0.3) is 0 Å². The van der Waals surface area contributed by atoms with Gasteiger partial charge in [-0.15, -0.1) is 0 Å². The molecular formula is C21H26O2. The number of ether oxygens (including phenoxy) is 1. The van der Waals surface area contributed by atoms with Gasteiger partial charge < -0.3 is 4.74 Å². The first-order valence-electron chi connectivity index (χ1n) is 9.37. The van der Waals surface area contributed by atoms with Gasteiger partial charge in [-0.25, -0.2) is 0 Å². The van der Waals surface area contributed by atoms with Crippen molar-refractivity contribution in [1.29, 1.82) is 0 Å². The number of fused-ring (bicyclic) bond motifs is 6. The molecule has 122 valence electrons. The van der Waals surface area contributed by atoms with Gasteiger partial charge in [0.2, 0.25) is 0 Å². The van der Waals surface area contributed by atoms with E-state index in [2.05, 4.69) is 31.2 Å². The summed E-state index contributed by atoms with van der Waals surface area (Å²) in [6, 6.07) is 0. The third-order valence-electron chi connectivity index (χ3n) is 7.88. The minimum atomic E-state index is 0.00905. The summed E-state index contributed by atoms with van der Waals surface area (Å²) in [4.78, 5) is 11.7. The fourth-order valence-corrected chi connectivity index (χ4v) is 6.68. The molecule has 0 aromatic rings. The number of rotatable bonds is 0. The van der Waals surface area contributed by atoms with E-state index in [-0.39, 0.29) is 11.0 Å². The van der Waals surface area contributed by atoms with Gasteiger partial charge in [-0.3, -0.25) is 4.79 Å². The van der Waals surface area contributed by atoms with Gasteiger partial charge in [-0.2, -0.15) is 0 Å². The van der Waals surface area contributed by atoms with E-state index in [1.807, 2.05) is 6.08 Å². The zero-order valence-corrected chi connectivity index (χ0v) is 14.0. The van der Waals surface area contributed by atoms with Crippen molar-refractivity contribution in [2.45, 2.75) is 51.0 Å². The number of carbonyl (C=O) groups excluding carboxylic acids is 1. The molecule has 2 nitrogen and oxygen atoms in total. The lowest BCUT2D eigenvalue weighted by Gasteiger charge is -2.54. The molecule has 5 aliphatic rings. The number of hydrogen-bond donors (Lipinski definition) is 0. The molecule has 0 bridgehead atoms. The van der Waals surface area contributed by atoms with Crippen LogP contribution in [0.5, 0.6) is 0 Å². The molecule has 4 aliphatic carbocycles. The maximum absolute atomic E-state index is 11.7. The zero-order valence-electron chi connectivity index (χ0n) is 14.0. The quantitative estimate of drug-likeness (QED) is 0.626. The summed E-state index contributed by atoms with van der Waals surface area (Å²) in [5.41, 5.74) is 1.61. The van der Waals surface area contributed by atoms with E-state index in [9.17, 15) is 4.79 Å². The standard InChI is InChI=1S/C21H26O2/c1-20-10-7-17-16-6-4-15(22)13-14(16)3-5-18(17)19(20)8-11-21(20)9-2-12-23-21/h2-3,5,9,13,16-19H,4,6-8,10-12H2,1H3/t16-,17?,18?,19?,20-,21-/m0/s1. The summed E-state index contributed by atoms with van der Waals surface area (Å²) in [6.07, 6.45) is 18.1. The number of hydrogen-bond acceptors (Lipinski definition) is 2. The lowest BCUT2D eigenvalue weighted by atomic mass is 9.52. The predicted molar refractivity (Wildman–Crippen MR) is 89.8 cm³/mol. The molecule has 1 heterocycles. The van der Waals surface area contributed by atoms with Gasteiger partial charge in [0.05, 0.1) is 12.2 Å². The average Bonchev–Trinajstić information content (AvgIpc) is 3.14. The highest BCUT2D eigenvalue weighted by molar-refractivity contribution is 5.91. The molecule has 2 saturated carbocycles. The summed E-state index contributed by atoms with van der Waals surface area (Å²) in [7, 11) is 0. The highest BCUT2D eigenvalue weighted by atomic mass is 16.5. The highest BCUT2D eigenvalue weighted by Gasteiger charge is 2.62. The van der Waals surface area contributed by atoms with Crippen LogP contribution >= 0.6 is 0 Å². The summed E-state index contributed by atoms with van der Waals surface area (Å²) in [5.74, 6) is 3.12. The van der Waals surface area contributed by atoms with Crippen LogP contribution in [0.4, 0.5) is 0 Å². The third-order valence-corrected chi connectivity index (χ3v) is 7.88. The van der Waals surface area contributed by atoms with Gasteiger partial charge in [0.15, 0.2) is 5.78 Å². The molecule has 0 N–H and O–H groups in total. The molecule has 0 aromatic carbocycles. The summed E-state index contributed by atoms with van der Waals surface area (Å²) in [5, 5.41) is 0. The number of carbonyl (C=O) groups is 1. The van der Waals surface area contributed by atoms with Crippen LogP contribution in [0.3, 0.4) is 0 Å². The van der Waals surface area contributed by atoms with E-state index in [0.717, 1.165) is 31.3 Å². The van der Waals surface area contributed by atoms with Crippen molar-refractivity contribution in [3.63, 3.8) is 0 Å². The molecule has 2 heteroatoms. The number of ketones is 1. The van der Waals surface area contributed by atoms with Crippen molar-refractivity contribution in [1.82, 2.24) is 0 Å². The van der Waals surface area contributed by atoms with Crippen LogP contribution in [0.2, 0.25) is 0 Å². The lowest BCUT2D eigenvalue weighted by molar-refractivity contribution is -0.116. The topological polar surface area (TPSA) is 26.3 Å². The molecule has 3 unspecified atom stereocenters. The van der Waals surface area contributed by atoms with E-state index in [1.54, 1.807) is 0 Å². The Balaban J connectivity index is 1.52. The molecule has 1 spiro atoms. The Bertz CT molecular complexity index is 642. The average molecular weight is 310 g/mol. The molecule has 0 radical (unpaired) electrons. The molecule has 23 heavy (non-hydrogen) atoms. The molecular weight excluding hydrogens is 284 g/mol. The Morgan fingerprint density at radius 1 is 1.22 bits per heavy atom. The van der Waals surface area contributed by atoms with Gasteiger partial charge in [0.1, 0.15) is 0 Å². The Hall–Kier alpha value is -1.15. The largest absolute Gasteiger partial charge is 0.366 e. The highest BCUT2D eigenvalue weighted by Crippen LogP contribution is 2.65. The molecule has 0 aromatic heterocycles. The van der Waals surface area contributed by atoms with Crippen molar-refractivity contribution >= 4 is 5.78 Å². The van der Waals surface area contributed by atoms with Crippen LogP contribution in [0, 0.1) is 29.1 Å². The lowest BCUT2D eigenvalue weighted by Crippen LogP contribution is -2.51. The minimum Gasteiger partial charge on any atom is -0.366 e. The van der Waals surface area contributed by atoms with Gasteiger partial charge in [0.25, 0.3) is 0 Å². The van der Waals surface area contributed by atoms with E-state index in [1.165, 1.54) is 31.3 Å². The van der Waals surface area contributed by atoms with Gasteiger partial charge in [0, 0.05) is 11.8 Å². The maximum Gasteiger partial charge on any atom is 0.155 e. The van der Waals surface area contributed by atoms with Crippen molar-refractivity contribution in [3.05, 3.63) is 36.0 Å². The second-order valence-electron chi connectivity index (χ2n) is 8.56. The van der Waals surface area contributed by atoms with E-state index >= 15 is 0 Å². The second-order valence-corrected chi connectivity index (χ2v) is 8.56. The number of allylic oxidation sites excluding steroid dienone is 4. The fraction of sp³-hybridized carbons (Fsp3) is 0.667. The van der Waals surface area contributed by atoms with Crippen LogP contribution in [-0.4, -0.2) is 18.0 Å². The van der Waals surface area contributed by atoms with E-state index in [0.29, 0.717) is 17.6 Å². The fourth-order valence-electron chi connectivity index (χ4n) is 6.68. The SMILES string of the molecule is C[C@]12CCC3C(C=CC4=CC(=O)CC[C@@H]43)C1CC[C@@]21C=CCO1. The first-order valence-corrected chi connectivity index (χ1v) is 9.37. The summed E-state index contributed by atoms with van der Waals surface area (Å²) in [6.45, 7) is 3.28. The van der Waals surface area contributed by atoms with E-state index < -0.39 is 0 Å². The molecule has 0 amide bonds. The molecule has 1 aliphatic heterocycles. The third kappa shape index (κ3) is 1.76. The van der Waals surface area contributed by atoms with Crippen LogP contribution in [0.1, 0.15) is 45.4 Å². The normalized spacial score (nSPS) is 50.7. The Labute approximate surface area is 138 Å². The van der Waals surface area contributed by atoms with Crippen molar-refractivity contribution in [2.24, 2.45) is 29.1 Å². The zero-order chi connectivity index (χ0) is 15.7. The van der Waals surface area contributed by atoms with Gasteiger partial charge >= 0.3 is 0 Å². The maximum atomic E-state index is 11.7. The first kappa shape index (κ1) is 14.2. The van der Waals surface area contributed by atoms with Crippen LogP contribution < -0.4 is 0 Å². The van der Waals surface area contributed by atoms with Crippen molar-refractivity contribution in [3.8, 4) is 0 Å². The van der Waals surface area contributed by atoms with Gasteiger partial charge in [-0.05, 0) is 67.4 Å². The summed E-state index contributed by atoms with van der Waals surface area (Å²) >= 11 is 0. The predicted octanol–water partition coefficient (Wildman–Crippen LogP) is 4.23. The smallest absolute Gasteiger partial charge is 0.155 e. The second kappa shape index (κ2) is 4.69. The molecule has 0 saturated heterocycles. The van der Waals surface area contributed by atoms with Crippen LogP contribution in [-0.2, 0) is 9.53 Å². The minimum absolute atomic E-state index is 0.00905. The van der Waals surface area contributed by atoms with Gasteiger partial charge in [-0.1, -0.05) is 31.2 Å². The first-order chi connectivity index (χ1) is 11.1. The summed E-state index contributed by atoms with van der Waals surface area (Å²) < 4.78 is 6.28. The Kier molecular flexibility index (Phi) is 2.90. The Morgan fingerprint density at radius 2 is 2.13 bits per heavy atom. The van der Waals surface area contributed by atoms with Crippen molar-refractivity contribution < 1.29 is 9.53 Å².